The highest BCUT2D eigenvalue weighted by atomic mass is 16.6. The Bertz CT molecular complexity index is 1030. The summed E-state index contributed by atoms with van der Waals surface area (Å²) in [6.07, 6.45) is 6.03. The van der Waals surface area contributed by atoms with Crippen molar-refractivity contribution < 1.29 is 9.72 Å². The second kappa shape index (κ2) is 8.22. The van der Waals surface area contributed by atoms with Gasteiger partial charge < -0.3 is 5.32 Å². The number of nitrogens with zero attached hydrogens (tertiary/aromatic N) is 4. The quantitative estimate of drug-likeness (QED) is 0.513. The molecule has 0 unspecified atom stereocenters. The largest absolute Gasteiger partial charge is 0.350 e. The summed E-state index contributed by atoms with van der Waals surface area (Å²) in [6, 6.07) is 11.4. The molecule has 1 aliphatic rings. The number of fused-ring (bicyclic) bond motifs is 1. The molecule has 0 bridgehead atoms. The fourth-order valence-electron chi connectivity index (χ4n) is 3.68. The number of benzene rings is 1. The van der Waals surface area contributed by atoms with Crippen molar-refractivity contribution in [3.8, 4) is 11.4 Å². The molecule has 3 aromatic rings. The van der Waals surface area contributed by atoms with Gasteiger partial charge in [-0.3, -0.25) is 24.6 Å². The highest BCUT2D eigenvalue weighted by molar-refractivity contribution is 5.94. The highest BCUT2D eigenvalue weighted by Crippen LogP contribution is 2.30. The molecule has 0 saturated carbocycles. The molecule has 8 nitrogen and oxygen atoms in total. The molecule has 2 heterocycles. The molecule has 148 valence electrons. The van der Waals surface area contributed by atoms with Crippen molar-refractivity contribution in [3.63, 3.8) is 0 Å². The van der Waals surface area contributed by atoms with E-state index in [9.17, 15) is 14.9 Å². The maximum absolute atomic E-state index is 12.3. The maximum atomic E-state index is 12.3. The van der Waals surface area contributed by atoms with Crippen LogP contribution >= 0.6 is 0 Å². The SMILES string of the molecule is O=C(NCCn1nc(-c2ccccn2)c2c1CCCC2)c1ccc([N+](=O)[O-])cc1. The van der Waals surface area contributed by atoms with E-state index in [0.29, 0.717) is 18.7 Å². The number of aromatic nitrogens is 3. The van der Waals surface area contributed by atoms with Crippen molar-refractivity contribution in [1.29, 1.82) is 0 Å². The lowest BCUT2D eigenvalue weighted by Gasteiger charge is -2.14. The van der Waals surface area contributed by atoms with Crippen LogP contribution in [-0.2, 0) is 19.4 Å². The first-order valence-electron chi connectivity index (χ1n) is 9.66. The zero-order valence-electron chi connectivity index (χ0n) is 15.9. The van der Waals surface area contributed by atoms with Gasteiger partial charge in [0.15, 0.2) is 0 Å². The van der Waals surface area contributed by atoms with Gasteiger partial charge in [-0.25, -0.2) is 0 Å². The molecule has 8 heteroatoms. The lowest BCUT2D eigenvalue weighted by atomic mass is 9.95. The first-order chi connectivity index (χ1) is 14.1. The number of pyridine rings is 1. The summed E-state index contributed by atoms with van der Waals surface area (Å²) in [4.78, 5) is 27.0. The minimum atomic E-state index is -0.484. The van der Waals surface area contributed by atoms with Crippen LogP contribution < -0.4 is 5.32 Å². The molecule has 4 rings (SSSR count). The number of non-ortho nitro benzene ring substituents is 1. The number of rotatable bonds is 6. The Labute approximate surface area is 167 Å². The maximum Gasteiger partial charge on any atom is 0.269 e. The zero-order chi connectivity index (χ0) is 20.2. The van der Waals surface area contributed by atoms with Gasteiger partial charge in [-0.15, -0.1) is 0 Å². The van der Waals surface area contributed by atoms with Crippen molar-refractivity contribution in [3.05, 3.63) is 75.6 Å². The second-order valence-electron chi connectivity index (χ2n) is 6.98. The fraction of sp³-hybridized carbons (Fsp3) is 0.286. The van der Waals surface area contributed by atoms with Crippen LogP contribution in [0.3, 0.4) is 0 Å². The third-order valence-corrected chi connectivity index (χ3v) is 5.11. The van der Waals surface area contributed by atoms with E-state index in [1.165, 1.54) is 35.5 Å². The molecule has 0 radical (unpaired) electrons. The third kappa shape index (κ3) is 4.01. The molecule has 2 aromatic heterocycles. The average molecular weight is 391 g/mol. The molecular weight excluding hydrogens is 370 g/mol. The number of nitrogens with one attached hydrogen (secondary N) is 1. The number of hydrogen-bond donors (Lipinski definition) is 1. The van der Waals surface area contributed by atoms with E-state index in [1.807, 2.05) is 22.9 Å². The molecule has 1 amide bonds. The summed E-state index contributed by atoms with van der Waals surface area (Å²) < 4.78 is 1.98. The minimum Gasteiger partial charge on any atom is -0.350 e. The van der Waals surface area contributed by atoms with E-state index in [-0.39, 0.29) is 11.6 Å². The molecule has 0 spiro atoms. The monoisotopic (exact) mass is 391 g/mol. The van der Waals surface area contributed by atoms with Gasteiger partial charge in [-0.2, -0.15) is 5.10 Å². The van der Waals surface area contributed by atoms with Gasteiger partial charge in [0.05, 0.1) is 17.2 Å². The van der Waals surface area contributed by atoms with Crippen molar-refractivity contribution in [2.75, 3.05) is 6.54 Å². The van der Waals surface area contributed by atoms with Gasteiger partial charge in [-0.05, 0) is 49.9 Å². The second-order valence-corrected chi connectivity index (χ2v) is 6.98. The van der Waals surface area contributed by atoms with Crippen LogP contribution in [0.4, 0.5) is 5.69 Å². The number of hydrogen-bond acceptors (Lipinski definition) is 5. The first kappa shape index (κ1) is 18.8. The molecule has 1 aliphatic carbocycles. The molecular formula is C21H21N5O3. The van der Waals surface area contributed by atoms with Crippen molar-refractivity contribution >= 4 is 11.6 Å². The predicted molar refractivity (Wildman–Crippen MR) is 108 cm³/mol. The van der Waals surface area contributed by atoms with Crippen LogP contribution in [0.2, 0.25) is 0 Å². The molecule has 0 fully saturated rings. The number of carbonyl (C=O) groups excluding carboxylic acids is 1. The van der Waals surface area contributed by atoms with Gasteiger partial charge in [0, 0.05) is 41.7 Å². The minimum absolute atomic E-state index is 0.0354. The summed E-state index contributed by atoms with van der Waals surface area (Å²) >= 11 is 0. The Hall–Kier alpha value is -3.55. The molecule has 1 N–H and O–H groups in total. The normalized spacial score (nSPS) is 13.0. The van der Waals surface area contributed by atoms with E-state index in [2.05, 4.69) is 10.3 Å². The zero-order valence-corrected chi connectivity index (χ0v) is 15.9. The molecule has 0 aliphatic heterocycles. The van der Waals surface area contributed by atoms with E-state index in [4.69, 9.17) is 5.10 Å². The van der Waals surface area contributed by atoms with Crippen LogP contribution in [0.15, 0.2) is 48.7 Å². The summed E-state index contributed by atoms with van der Waals surface area (Å²) in [6.45, 7) is 0.986. The van der Waals surface area contributed by atoms with Crippen LogP contribution in [0.1, 0.15) is 34.5 Å². The van der Waals surface area contributed by atoms with E-state index in [1.54, 1.807) is 6.20 Å². The third-order valence-electron chi connectivity index (χ3n) is 5.11. The number of nitro benzene ring substituents is 1. The number of nitro groups is 1. The van der Waals surface area contributed by atoms with Gasteiger partial charge in [0.25, 0.3) is 11.6 Å². The van der Waals surface area contributed by atoms with Crippen LogP contribution in [0.5, 0.6) is 0 Å². The summed E-state index contributed by atoms with van der Waals surface area (Å²) in [7, 11) is 0. The molecule has 0 atom stereocenters. The van der Waals surface area contributed by atoms with Crippen molar-refractivity contribution in [1.82, 2.24) is 20.1 Å². The molecule has 1 aromatic carbocycles. The molecule has 0 saturated heterocycles. The van der Waals surface area contributed by atoms with Crippen LogP contribution in [0, 0.1) is 10.1 Å². The Morgan fingerprint density at radius 1 is 1.14 bits per heavy atom. The Morgan fingerprint density at radius 3 is 2.66 bits per heavy atom. The number of carbonyl (C=O) groups is 1. The van der Waals surface area contributed by atoms with Gasteiger partial charge in [-0.1, -0.05) is 6.07 Å². The average Bonchev–Trinajstić information content (AvgIpc) is 3.13. The standard InChI is InChI=1S/C21H21N5O3/c27-21(15-8-10-16(11-9-15)26(28)29)23-13-14-25-19-7-2-1-5-17(19)20(24-25)18-6-3-4-12-22-18/h3-4,6,8-12H,1-2,5,7,13-14H2,(H,23,27). The summed E-state index contributed by atoms with van der Waals surface area (Å²) in [5, 5.41) is 18.4. The Balaban J connectivity index is 1.45. The molecule has 29 heavy (non-hydrogen) atoms. The van der Waals surface area contributed by atoms with Gasteiger partial charge >= 0.3 is 0 Å². The van der Waals surface area contributed by atoms with Gasteiger partial charge in [0.2, 0.25) is 0 Å². The predicted octanol–water partition coefficient (Wildman–Crippen LogP) is 3.16. The van der Waals surface area contributed by atoms with E-state index in [0.717, 1.165) is 37.1 Å². The lowest BCUT2D eigenvalue weighted by molar-refractivity contribution is -0.384. The van der Waals surface area contributed by atoms with Gasteiger partial charge in [0.1, 0.15) is 5.69 Å². The fourth-order valence-corrected chi connectivity index (χ4v) is 3.68. The van der Waals surface area contributed by atoms with Crippen molar-refractivity contribution in [2.45, 2.75) is 32.2 Å². The van der Waals surface area contributed by atoms with E-state index < -0.39 is 4.92 Å². The Kier molecular flexibility index (Phi) is 5.33. The highest BCUT2D eigenvalue weighted by Gasteiger charge is 2.22. The smallest absolute Gasteiger partial charge is 0.269 e. The first-order valence-corrected chi connectivity index (χ1v) is 9.66. The lowest BCUT2D eigenvalue weighted by Crippen LogP contribution is -2.28. The van der Waals surface area contributed by atoms with E-state index >= 15 is 0 Å². The summed E-state index contributed by atoms with van der Waals surface area (Å²) in [5.41, 5.74) is 4.65. The Morgan fingerprint density at radius 2 is 1.93 bits per heavy atom. The van der Waals surface area contributed by atoms with Crippen LogP contribution in [0.25, 0.3) is 11.4 Å². The topological polar surface area (TPSA) is 103 Å². The van der Waals surface area contributed by atoms with Crippen LogP contribution in [-0.4, -0.2) is 32.1 Å². The van der Waals surface area contributed by atoms with Crippen molar-refractivity contribution in [2.24, 2.45) is 0 Å². The summed E-state index contributed by atoms with van der Waals surface area (Å²) in [5.74, 6) is -0.258. The number of amides is 1.